The zero-order chi connectivity index (χ0) is 12.3. The first kappa shape index (κ1) is 13.5. The predicted molar refractivity (Wildman–Crippen MR) is 72.4 cm³/mol. The molecule has 4 nitrogen and oxygen atoms in total. The number of aromatic nitrogens is 2. The fourth-order valence-electron chi connectivity index (χ4n) is 1.78. The molecule has 0 unspecified atom stereocenters. The second-order valence-electron chi connectivity index (χ2n) is 4.37. The number of likely N-dealkylation sites (N-methyl/N-ethyl adjacent to an activating group) is 2. The average Bonchev–Trinajstić information content (AvgIpc) is 2.49. The molecule has 0 aliphatic heterocycles. The minimum Gasteiger partial charge on any atom is -0.358 e. The van der Waals surface area contributed by atoms with Crippen molar-refractivity contribution in [2.75, 3.05) is 39.1 Å². The quantitative estimate of drug-likeness (QED) is 0.770. The molecule has 1 aromatic rings. The number of nitrogens with zero attached hydrogens (tertiary/aromatic N) is 4. The van der Waals surface area contributed by atoms with Crippen molar-refractivity contribution in [3.8, 4) is 0 Å². The van der Waals surface area contributed by atoms with E-state index in [0.29, 0.717) is 0 Å². The molecular formula is C11H21BrN4. The minimum atomic E-state index is 0.855. The normalized spacial score (nSPS) is 11.2. The number of anilines is 1. The van der Waals surface area contributed by atoms with Crippen molar-refractivity contribution in [1.29, 1.82) is 0 Å². The van der Waals surface area contributed by atoms with Gasteiger partial charge in [-0.15, -0.1) is 0 Å². The van der Waals surface area contributed by atoms with Gasteiger partial charge >= 0.3 is 0 Å². The Bertz CT molecular complexity index is 346. The maximum atomic E-state index is 4.46. The largest absolute Gasteiger partial charge is 0.358 e. The van der Waals surface area contributed by atoms with E-state index >= 15 is 0 Å². The number of hydrogen-bond donors (Lipinski definition) is 0. The molecule has 0 radical (unpaired) electrons. The molecule has 1 aromatic heterocycles. The summed E-state index contributed by atoms with van der Waals surface area (Å²) < 4.78 is 1.96. The molecule has 0 aromatic carbocycles. The Morgan fingerprint density at radius 1 is 1.25 bits per heavy atom. The van der Waals surface area contributed by atoms with Crippen molar-refractivity contribution in [3.63, 3.8) is 0 Å². The number of halogens is 1. The van der Waals surface area contributed by atoms with E-state index in [1.165, 1.54) is 11.4 Å². The summed E-state index contributed by atoms with van der Waals surface area (Å²) in [5.41, 5.74) is 2.38. The molecule has 0 N–H and O–H groups in total. The Labute approximate surface area is 106 Å². The summed E-state index contributed by atoms with van der Waals surface area (Å²) in [5, 5.41) is 5.32. The molecule has 16 heavy (non-hydrogen) atoms. The lowest BCUT2D eigenvalue weighted by Gasteiger charge is -2.22. The number of aryl methyl sites for hydroxylation is 2. The van der Waals surface area contributed by atoms with Crippen LogP contribution in [-0.2, 0) is 12.4 Å². The number of alkyl halides is 1. The van der Waals surface area contributed by atoms with E-state index in [-0.39, 0.29) is 0 Å². The molecule has 0 aliphatic rings. The van der Waals surface area contributed by atoms with Crippen LogP contribution in [0.25, 0.3) is 0 Å². The van der Waals surface area contributed by atoms with Gasteiger partial charge in [-0.2, -0.15) is 5.10 Å². The van der Waals surface area contributed by atoms with Crippen LogP contribution in [0.2, 0.25) is 0 Å². The summed E-state index contributed by atoms with van der Waals surface area (Å²) in [6.07, 6.45) is 0. The summed E-state index contributed by atoms with van der Waals surface area (Å²) in [7, 11) is 8.30. The zero-order valence-electron chi connectivity index (χ0n) is 10.8. The summed E-state index contributed by atoms with van der Waals surface area (Å²) in [6.45, 7) is 4.11. The third-order valence-electron chi connectivity index (χ3n) is 2.69. The van der Waals surface area contributed by atoms with Gasteiger partial charge in [0.25, 0.3) is 0 Å². The molecule has 0 saturated carbocycles. The highest BCUT2D eigenvalue weighted by Crippen LogP contribution is 2.24. The first-order valence-electron chi connectivity index (χ1n) is 5.41. The second-order valence-corrected chi connectivity index (χ2v) is 4.93. The fraction of sp³-hybridized carbons (Fsp3) is 0.727. The maximum Gasteiger partial charge on any atom is 0.130 e. The van der Waals surface area contributed by atoms with Crippen LogP contribution < -0.4 is 4.90 Å². The van der Waals surface area contributed by atoms with E-state index in [0.717, 1.165) is 24.1 Å². The van der Waals surface area contributed by atoms with Crippen LogP contribution >= 0.6 is 15.9 Å². The molecule has 1 heterocycles. The van der Waals surface area contributed by atoms with Crippen LogP contribution in [0.4, 0.5) is 5.82 Å². The molecule has 5 heteroatoms. The van der Waals surface area contributed by atoms with Crippen LogP contribution in [0, 0.1) is 6.92 Å². The van der Waals surface area contributed by atoms with Crippen molar-refractivity contribution in [3.05, 3.63) is 11.3 Å². The topological polar surface area (TPSA) is 24.3 Å². The van der Waals surface area contributed by atoms with Gasteiger partial charge in [0.15, 0.2) is 0 Å². The minimum absolute atomic E-state index is 0.855. The molecule has 0 bridgehead atoms. The highest BCUT2D eigenvalue weighted by Gasteiger charge is 2.15. The van der Waals surface area contributed by atoms with E-state index in [9.17, 15) is 0 Å². The first-order valence-corrected chi connectivity index (χ1v) is 6.53. The Kier molecular flexibility index (Phi) is 4.80. The summed E-state index contributed by atoms with van der Waals surface area (Å²) in [5.74, 6) is 1.20. The smallest absolute Gasteiger partial charge is 0.130 e. The standard InChI is InChI=1S/C11H21BrN4/c1-9-10(8-12)11(16(5)13-9)15(4)7-6-14(2)3/h6-8H2,1-5H3. The molecule has 0 fully saturated rings. The van der Waals surface area contributed by atoms with E-state index in [1.54, 1.807) is 0 Å². The summed E-state index contributed by atoms with van der Waals surface area (Å²) in [6, 6.07) is 0. The Balaban J connectivity index is 2.85. The lowest BCUT2D eigenvalue weighted by atomic mass is 10.2. The van der Waals surface area contributed by atoms with Crippen LogP contribution in [0.1, 0.15) is 11.3 Å². The van der Waals surface area contributed by atoms with Gasteiger partial charge in [-0.25, -0.2) is 0 Å². The molecule has 0 amide bonds. The van der Waals surface area contributed by atoms with Crippen LogP contribution in [0.15, 0.2) is 0 Å². The van der Waals surface area contributed by atoms with Crippen LogP contribution in [0.5, 0.6) is 0 Å². The van der Waals surface area contributed by atoms with Gasteiger partial charge in [-0.1, -0.05) is 15.9 Å². The second kappa shape index (κ2) is 5.68. The Morgan fingerprint density at radius 3 is 2.38 bits per heavy atom. The molecule has 0 spiro atoms. The molecule has 0 saturated heterocycles. The Hall–Kier alpha value is -0.550. The van der Waals surface area contributed by atoms with Crippen molar-refractivity contribution in [2.24, 2.45) is 7.05 Å². The molecule has 1 rings (SSSR count). The van der Waals surface area contributed by atoms with Crippen molar-refractivity contribution < 1.29 is 0 Å². The van der Waals surface area contributed by atoms with Gasteiger partial charge in [0, 0.05) is 38.1 Å². The zero-order valence-corrected chi connectivity index (χ0v) is 12.4. The highest BCUT2D eigenvalue weighted by molar-refractivity contribution is 9.08. The fourth-order valence-corrected chi connectivity index (χ4v) is 2.44. The van der Waals surface area contributed by atoms with E-state index in [4.69, 9.17) is 0 Å². The van der Waals surface area contributed by atoms with E-state index in [1.807, 2.05) is 11.7 Å². The van der Waals surface area contributed by atoms with Gasteiger partial charge < -0.3 is 9.80 Å². The van der Waals surface area contributed by atoms with Gasteiger partial charge in [-0.05, 0) is 21.0 Å². The molecular weight excluding hydrogens is 268 g/mol. The van der Waals surface area contributed by atoms with Gasteiger partial charge in [0.2, 0.25) is 0 Å². The summed E-state index contributed by atoms with van der Waals surface area (Å²) in [4.78, 5) is 4.45. The monoisotopic (exact) mass is 288 g/mol. The first-order chi connectivity index (χ1) is 7.47. The lowest BCUT2D eigenvalue weighted by Crippen LogP contribution is -2.30. The van der Waals surface area contributed by atoms with E-state index < -0.39 is 0 Å². The van der Waals surface area contributed by atoms with E-state index in [2.05, 4.69) is 58.9 Å². The molecule has 0 aliphatic carbocycles. The number of hydrogen-bond acceptors (Lipinski definition) is 3. The van der Waals surface area contributed by atoms with Crippen LogP contribution in [-0.4, -0.2) is 48.9 Å². The number of rotatable bonds is 5. The van der Waals surface area contributed by atoms with Gasteiger partial charge in [0.1, 0.15) is 5.82 Å². The maximum absolute atomic E-state index is 4.46. The van der Waals surface area contributed by atoms with Crippen molar-refractivity contribution >= 4 is 21.7 Å². The van der Waals surface area contributed by atoms with Gasteiger partial charge in [0.05, 0.1) is 5.69 Å². The Morgan fingerprint density at radius 2 is 1.88 bits per heavy atom. The molecule has 0 atom stereocenters. The van der Waals surface area contributed by atoms with Crippen molar-refractivity contribution in [2.45, 2.75) is 12.3 Å². The average molecular weight is 289 g/mol. The third-order valence-corrected chi connectivity index (χ3v) is 3.25. The summed E-state index contributed by atoms with van der Waals surface area (Å²) >= 11 is 3.53. The van der Waals surface area contributed by atoms with Gasteiger partial charge in [-0.3, -0.25) is 4.68 Å². The van der Waals surface area contributed by atoms with Crippen molar-refractivity contribution in [1.82, 2.24) is 14.7 Å². The SMILES string of the molecule is Cc1nn(C)c(N(C)CCN(C)C)c1CBr. The highest BCUT2D eigenvalue weighted by atomic mass is 79.9. The van der Waals surface area contributed by atoms with Crippen LogP contribution in [0.3, 0.4) is 0 Å². The third kappa shape index (κ3) is 2.98. The lowest BCUT2D eigenvalue weighted by molar-refractivity contribution is 0.415. The predicted octanol–water partition coefficient (Wildman–Crippen LogP) is 1.62. The molecule has 92 valence electrons.